The fraction of sp³-hybridized carbons (Fsp3) is 0.368. The monoisotopic (exact) mass is 1240 g/mol. The lowest BCUT2D eigenvalue weighted by Crippen LogP contribution is -2.13. The van der Waals surface area contributed by atoms with Crippen molar-refractivity contribution < 1.29 is 0 Å². The largest absolute Gasteiger partial charge is 0.0836 e. The maximum absolute atomic E-state index is 2.46. The van der Waals surface area contributed by atoms with E-state index in [2.05, 4.69) is 251 Å². The van der Waals surface area contributed by atoms with Gasteiger partial charge in [0.05, 0.1) is 0 Å². The molecule has 11 aliphatic rings. The summed E-state index contributed by atoms with van der Waals surface area (Å²) in [6.45, 7) is 7.01. The molecule has 11 aliphatic carbocycles. The smallest absolute Gasteiger partial charge is 0.0281 e. The van der Waals surface area contributed by atoms with E-state index in [0.717, 1.165) is 49.4 Å². The predicted molar refractivity (Wildman–Crippen MR) is 407 cm³/mol. The van der Waals surface area contributed by atoms with Crippen LogP contribution in [0.2, 0.25) is 0 Å². The van der Waals surface area contributed by atoms with Crippen LogP contribution in [-0.2, 0) is 44.9 Å². The first-order chi connectivity index (χ1) is 46.9. The summed E-state index contributed by atoms with van der Waals surface area (Å²) in [7, 11) is 0. The van der Waals surface area contributed by atoms with E-state index in [0.29, 0.717) is 17.8 Å². The SMILES string of the molecule is C1=CC2C(=C1)C(Cc1ccc(C3CCCCC3)cc1)=CC=C2c1cccc2c1C=CC2.CCC(CC)CCCCc1ccc(CC2=CC=C(c3ccc4c(c3)CCC4)C3C=CC=C23)cc1.CCC1CCC(c2ccc(CC3=CC=C(C4=CCCC=C4)C4C=CC=C34)cc2)CC1. The number of hydrogen-bond donors (Lipinski definition) is 0. The topological polar surface area (TPSA) is 0 Å². The van der Waals surface area contributed by atoms with Crippen LogP contribution in [0.1, 0.15) is 215 Å². The molecule has 0 heterocycles. The molecule has 0 saturated heterocycles. The van der Waals surface area contributed by atoms with E-state index in [1.54, 1.807) is 22.3 Å². The molecule has 0 aromatic heterocycles. The fourth-order valence-electron chi connectivity index (χ4n) is 17.8. The van der Waals surface area contributed by atoms with Gasteiger partial charge in [-0.3, -0.25) is 0 Å². The van der Waals surface area contributed by atoms with Gasteiger partial charge in [-0.25, -0.2) is 0 Å². The number of allylic oxidation sites excluding steroid dienone is 29. The van der Waals surface area contributed by atoms with E-state index in [4.69, 9.17) is 0 Å². The van der Waals surface area contributed by atoms with Gasteiger partial charge in [0, 0.05) is 17.8 Å². The minimum Gasteiger partial charge on any atom is -0.0836 e. The zero-order valence-corrected chi connectivity index (χ0v) is 57.7. The van der Waals surface area contributed by atoms with Gasteiger partial charge in [-0.1, -0.05) is 303 Å². The summed E-state index contributed by atoms with van der Waals surface area (Å²) in [5.74, 6) is 4.70. The van der Waals surface area contributed by atoms with Crippen LogP contribution in [0, 0.1) is 29.6 Å². The van der Waals surface area contributed by atoms with Crippen LogP contribution in [0.4, 0.5) is 0 Å². The van der Waals surface area contributed by atoms with Crippen molar-refractivity contribution in [3.05, 3.63) is 336 Å². The quantitative estimate of drug-likeness (QED) is 0.0723. The molecule has 16 rings (SSSR count). The summed E-state index contributed by atoms with van der Waals surface area (Å²) in [5.41, 5.74) is 32.4. The lowest BCUT2D eigenvalue weighted by atomic mass is 9.77. The summed E-state index contributed by atoms with van der Waals surface area (Å²) in [5, 5.41) is 0. The van der Waals surface area contributed by atoms with Crippen molar-refractivity contribution in [3.63, 3.8) is 0 Å². The van der Waals surface area contributed by atoms with Crippen LogP contribution in [0.3, 0.4) is 0 Å². The molecule has 0 amide bonds. The van der Waals surface area contributed by atoms with Crippen LogP contribution >= 0.6 is 0 Å². The van der Waals surface area contributed by atoms with Gasteiger partial charge in [-0.15, -0.1) is 0 Å². The number of aryl methyl sites for hydroxylation is 3. The zero-order valence-electron chi connectivity index (χ0n) is 57.7. The zero-order chi connectivity index (χ0) is 64.3. The summed E-state index contributed by atoms with van der Waals surface area (Å²) in [6, 6.07) is 42.5. The van der Waals surface area contributed by atoms with Crippen LogP contribution in [-0.4, -0.2) is 0 Å². The van der Waals surface area contributed by atoms with Crippen LogP contribution in [0.5, 0.6) is 0 Å². The van der Waals surface area contributed by atoms with Gasteiger partial charge in [0.2, 0.25) is 0 Å². The van der Waals surface area contributed by atoms with Crippen molar-refractivity contribution in [1.29, 1.82) is 0 Å². The molecule has 0 aliphatic heterocycles. The lowest BCUT2D eigenvalue weighted by molar-refractivity contribution is 0.319. The van der Waals surface area contributed by atoms with Crippen molar-refractivity contribution in [2.45, 2.75) is 193 Å². The molecule has 2 saturated carbocycles. The molecule has 0 bridgehead atoms. The third kappa shape index (κ3) is 15.1. The maximum Gasteiger partial charge on any atom is 0.0281 e. The van der Waals surface area contributed by atoms with Gasteiger partial charge in [0.15, 0.2) is 0 Å². The summed E-state index contributed by atoms with van der Waals surface area (Å²) in [4.78, 5) is 0. The van der Waals surface area contributed by atoms with Crippen LogP contribution < -0.4 is 0 Å². The molecule has 0 spiro atoms. The standard InChI is InChI=1S/C34H40.C31H30.C30H34/c1-3-25(4-2)9-5-6-10-26-15-17-27(18-16-26)23-30-21-22-33(34-14-8-13-32(30)34)31-20-19-28-11-7-12-29(28)24-31;1-2-7-23(8-3-1)24-17-15-22(16-18-24)21-26-19-20-31(30-14-6-12-28(26)30)29-13-5-10-25-9-4-11-27(25)29;1-2-22-11-15-24(16-12-22)25-17-13-23(14-18-25)21-27-19-20-29(26-7-4-3-5-8-26)30-10-6-9-28(27)30/h8,13-22,24-25,34H,3-7,9-12,23H2,1-2H3;4-6,10-20,23,30H,1-3,7-9,21H2;4,6-10,13-14,17-20,22,24,30H,2-3,5,11-12,15-16,21H2,1H3. The van der Waals surface area contributed by atoms with Gasteiger partial charge in [0.25, 0.3) is 0 Å². The van der Waals surface area contributed by atoms with E-state index in [1.807, 2.05) is 0 Å². The Kier molecular flexibility index (Phi) is 21.0. The molecule has 5 aromatic carbocycles. The Morgan fingerprint density at radius 2 is 1.00 bits per heavy atom. The lowest BCUT2D eigenvalue weighted by Gasteiger charge is -2.28. The van der Waals surface area contributed by atoms with E-state index >= 15 is 0 Å². The van der Waals surface area contributed by atoms with Gasteiger partial charge in [-0.05, 0) is 255 Å². The van der Waals surface area contributed by atoms with Crippen molar-refractivity contribution in [2.75, 3.05) is 0 Å². The number of unbranched alkanes of at least 4 members (excludes halogenated alkanes) is 1. The third-order valence-corrected chi connectivity index (χ3v) is 23.8. The highest BCUT2D eigenvalue weighted by atomic mass is 14.4. The highest BCUT2D eigenvalue weighted by Crippen LogP contribution is 2.47. The fourth-order valence-corrected chi connectivity index (χ4v) is 17.8. The van der Waals surface area contributed by atoms with E-state index in [-0.39, 0.29) is 0 Å². The first-order valence-corrected chi connectivity index (χ1v) is 37.9. The highest BCUT2D eigenvalue weighted by molar-refractivity contribution is 5.85. The minimum atomic E-state index is 0.391. The van der Waals surface area contributed by atoms with Crippen molar-refractivity contribution >= 4 is 17.2 Å². The van der Waals surface area contributed by atoms with Gasteiger partial charge >= 0.3 is 0 Å². The molecule has 0 radical (unpaired) electrons. The van der Waals surface area contributed by atoms with Crippen LogP contribution in [0.25, 0.3) is 17.2 Å². The molecule has 3 unspecified atom stereocenters. The van der Waals surface area contributed by atoms with Crippen molar-refractivity contribution in [1.82, 2.24) is 0 Å². The normalized spacial score (nSPS) is 22.6. The van der Waals surface area contributed by atoms with Crippen molar-refractivity contribution in [3.8, 4) is 0 Å². The van der Waals surface area contributed by atoms with Crippen LogP contribution in [0.15, 0.2) is 269 Å². The van der Waals surface area contributed by atoms with Crippen molar-refractivity contribution in [2.24, 2.45) is 29.6 Å². The van der Waals surface area contributed by atoms with Gasteiger partial charge in [-0.2, -0.15) is 0 Å². The second-order valence-electron chi connectivity index (χ2n) is 29.6. The third-order valence-electron chi connectivity index (χ3n) is 23.8. The summed E-state index contributed by atoms with van der Waals surface area (Å²) < 4.78 is 0. The first kappa shape index (κ1) is 64.5. The molecule has 95 heavy (non-hydrogen) atoms. The molecule has 5 aromatic rings. The average molecular weight is 1250 g/mol. The molecule has 0 nitrogen and oxygen atoms in total. The van der Waals surface area contributed by atoms with Gasteiger partial charge in [0.1, 0.15) is 0 Å². The molecular formula is C95H104. The summed E-state index contributed by atoms with van der Waals surface area (Å²) >= 11 is 0. The average Bonchev–Trinajstić information content (AvgIpc) is 1.72. The minimum absolute atomic E-state index is 0.391. The number of rotatable bonds is 19. The molecular weight excluding hydrogens is 1140 g/mol. The second kappa shape index (κ2) is 30.9. The number of fused-ring (bicyclic) bond motifs is 5. The molecule has 484 valence electrons. The van der Waals surface area contributed by atoms with E-state index in [1.165, 1.54) is 235 Å². The molecule has 0 N–H and O–H groups in total. The Morgan fingerprint density at radius 1 is 0.432 bits per heavy atom. The molecule has 2 fully saturated rings. The Balaban J connectivity index is 0.000000123. The van der Waals surface area contributed by atoms with Gasteiger partial charge < -0.3 is 0 Å². The molecule has 3 atom stereocenters. The Morgan fingerprint density at radius 3 is 1.61 bits per heavy atom. The first-order valence-electron chi connectivity index (χ1n) is 37.9. The van der Waals surface area contributed by atoms with E-state index in [9.17, 15) is 0 Å². The predicted octanol–water partition coefficient (Wildman–Crippen LogP) is 25.2. The Bertz CT molecular complexity index is 4050. The number of benzene rings is 5. The number of hydrogen-bond acceptors (Lipinski definition) is 0. The highest BCUT2D eigenvalue weighted by Gasteiger charge is 2.31. The van der Waals surface area contributed by atoms with E-state index < -0.39 is 0 Å². The maximum atomic E-state index is 2.46. The molecule has 0 heteroatoms. The summed E-state index contributed by atoms with van der Waals surface area (Å²) in [6.07, 6.45) is 78.9. The Hall–Kier alpha value is -7.80. The second-order valence-corrected chi connectivity index (χ2v) is 29.6. The Labute approximate surface area is 572 Å².